The largest absolute Gasteiger partial charge is 0.393 e. The predicted octanol–water partition coefficient (Wildman–Crippen LogP) is 7.05. The molecule has 0 amide bonds. The van der Waals surface area contributed by atoms with Crippen molar-refractivity contribution in [1.29, 1.82) is 0 Å². The minimum Gasteiger partial charge on any atom is -0.393 e. The molecular weight excluding hydrogens is 538 g/mol. The zero-order valence-electron chi connectivity index (χ0n) is 29.1. The molecule has 6 unspecified atom stereocenters. The highest BCUT2D eigenvalue weighted by atomic mass is 16.7. The first kappa shape index (κ1) is 34.1. The number of nitrogens with zero attached hydrogens (tertiary/aromatic N) is 1. The zero-order chi connectivity index (χ0) is 31.2. The Balaban J connectivity index is 1.28. The van der Waals surface area contributed by atoms with Crippen molar-refractivity contribution in [1.82, 2.24) is 4.90 Å². The fourth-order valence-corrected chi connectivity index (χ4v) is 11.9. The van der Waals surface area contributed by atoms with E-state index >= 15 is 0 Å². The molecule has 250 valence electrons. The zero-order valence-corrected chi connectivity index (χ0v) is 29.1. The monoisotopic (exact) mass is 606 g/mol. The Hall–Kier alpha value is -0.240. The number of morpholine rings is 1. The number of aliphatic hydroxyl groups excluding tert-OH is 1. The van der Waals surface area contributed by atoms with Gasteiger partial charge in [0, 0.05) is 19.7 Å². The molecule has 0 aromatic heterocycles. The highest BCUT2D eigenvalue weighted by Gasteiger charge is 2.82. The molecule has 0 aromatic carbocycles. The van der Waals surface area contributed by atoms with Crippen LogP contribution in [0.2, 0.25) is 0 Å². The van der Waals surface area contributed by atoms with Gasteiger partial charge in [-0.3, -0.25) is 4.90 Å². The molecule has 4 saturated carbocycles. The molecule has 0 aromatic rings. The summed E-state index contributed by atoms with van der Waals surface area (Å²) in [5.74, 6) is 3.22. The van der Waals surface area contributed by atoms with Crippen LogP contribution in [0, 0.1) is 45.8 Å². The van der Waals surface area contributed by atoms with Crippen LogP contribution in [0.1, 0.15) is 126 Å². The standard InChI is InChI=1S/C37H67NO5/c1-9-11-18-36-25(3)37(36)19-17-31(43-33-24-38(8)20-21-42-33)34(4,5)30(37)16-15-28(36)27-22-26(29(39)23-27)13-12-14-32(41-10-2)35(6,7)40/h25-33,39-40H,9-24H2,1-8H3/t25-,26?,27?,28-,29?,30?,31-,32?,33?,36-,37+/m0/s1. The number of likely N-dealkylation sites (N-methyl/N-ethyl adjacent to an activating group) is 1. The van der Waals surface area contributed by atoms with E-state index in [4.69, 9.17) is 14.2 Å². The molecule has 5 aliphatic rings. The minimum absolute atomic E-state index is 0.0981. The first-order valence-electron chi connectivity index (χ1n) is 18.3. The van der Waals surface area contributed by atoms with E-state index in [0.717, 1.165) is 63.6 Å². The van der Waals surface area contributed by atoms with Crippen LogP contribution in [-0.4, -0.2) is 78.7 Å². The first-order valence-corrected chi connectivity index (χ1v) is 18.3. The average molecular weight is 606 g/mol. The van der Waals surface area contributed by atoms with Crippen LogP contribution < -0.4 is 0 Å². The van der Waals surface area contributed by atoms with Crippen molar-refractivity contribution in [2.75, 3.05) is 33.4 Å². The molecule has 1 aliphatic heterocycles. The molecule has 6 nitrogen and oxygen atoms in total. The molecule has 1 saturated heterocycles. The lowest BCUT2D eigenvalue weighted by Crippen LogP contribution is -2.54. The second kappa shape index (κ2) is 13.1. The van der Waals surface area contributed by atoms with Gasteiger partial charge < -0.3 is 24.4 Å². The molecule has 4 aliphatic carbocycles. The maximum Gasteiger partial charge on any atom is 0.170 e. The number of hydrogen-bond acceptors (Lipinski definition) is 6. The lowest BCUT2D eigenvalue weighted by atomic mass is 9.50. The topological polar surface area (TPSA) is 71.4 Å². The summed E-state index contributed by atoms with van der Waals surface area (Å²) in [6.07, 6.45) is 13.9. The van der Waals surface area contributed by atoms with Crippen LogP contribution in [0.25, 0.3) is 0 Å². The molecule has 43 heavy (non-hydrogen) atoms. The van der Waals surface area contributed by atoms with Crippen LogP contribution >= 0.6 is 0 Å². The molecule has 1 spiro atoms. The van der Waals surface area contributed by atoms with Crippen LogP contribution in [-0.2, 0) is 14.2 Å². The Morgan fingerprint density at radius 3 is 2.53 bits per heavy atom. The maximum atomic E-state index is 11.4. The summed E-state index contributed by atoms with van der Waals surface area (Å²) in [6.45, 7) is 19.0. The summed E-state index contributed by atoms with van der Waals surface area (Å²) in [5.41, 5.74) is 0.167. The SMILES string of the molecule is CCCC[C@]12[C@H](C3CC(O)C(CCCC(OCC)C(C)(C)O)C3)CCC3C(C)(C)[C@@H](OC4CN(C)CCO4)CC[C@@]31[C@H]2C. The van der Waals surface area contributed by atoms with Crippen molar-refractivity contribution in [3.63, 3.8) is 0 Å². The van der Waals surface area contributed by atoms with E-state index < -0.39 is 5.60 Å². The predicted molar refractivity (Wildman–Crippen MR) is 173 cm³/mol. The average Bonchev–Trinajstić information content (AvgIpc) is 3.25. The minimum atomic E-state index is -0.828. The van der Waals surface area contributed by atoms with Crippen LogP contribution in [0.4, 0.5) is 0 Å². The highest BCUT2D eigenvalue weighted by molar-refractivity contribution is 5.29. The summed E-state index contributed by atoms with van der Waals surface area (Å²) >= 11 is 0. The third-order valence-electron chi connectivity index (χ3n) is 13.9. The Morgan fingerprint density at radius 2 is 1.86 bits per heavy atom. The quantitative estimate of drug-likeness (QED) is 0.234. The number of ether oxygens (including phenoxy) is 3. The van der Waals surface area contributed by atoms with Gasteiger partial charge in [0.2, 0.25) is 0 Å². The third kappa shape index (κ3) is 6.13. The van der Waals surface area contributed by atoms with Gasteiger partial charge in [-0.05, 0) is 131 Å². The molecule has 5 rings (SSSR count). The van der Waals surface area contributed by atoms with E-state index in [1.165, 1.54) is 44.9 Å². The second-order valence-corrected chi connectivity index (χ2v) is 16.8. The van der Waals surface area contributed by atoms with E-state index in [9.17, 15) is 10.2 Å². The van der Waals surface area contributed by atoms with Crippen LogP contribution in [0.15, 0.2) is 0 Å². The van der Waals surface area contributed by atoms with Crippen LogP contribution in [0.5, 0.6) is 0 Å². The van der Waals surface area contributed by atoms with Gasteiger partial charge in [0.15, 0.2) is 6.29 Å². The number of unbranched alkanes of at least 4 members (excludes halogenated alkanes) is 1. The molecule has 6 heteroatoms. The molecule has 2 N–H and O–H groups in total. The van der Waals surface area contributed by atoms with E-state index in [1.54, 1.807) is 0 Å². The van der Waals surface area contributed by atoms with Crippen molar-refractivity contribution >= 4 is 0 Å². The van der Waals surface area contributed by atoms with Crippen molar-refractivity contribution in [3.05, 3.63) is 0 Å². The number of hydrogen-bond donors (Lipinski definition) is 2. The van der Waals surface area contributed by atoms with Gasteiger partial charge in [0.05, 0.1) is 30.5 Å². The summed E-state index contributed by atoms with van der Waals surface area (Å²) < 4.78 is 18.8. The van der Waals surface area contributed by atoms with Crippen molar-refractivity contribution in [3.8, 4) is 0 Å². The van der Waals surface area contributed by atoms with Crippen molar-refractivity contribution < 1.29 is 24.4 Å². The van der Waals surface area contributed by atoms with Crippen molar-refractivity contribution in [2.45, 2.75) is 156 Å². The van der Waals surface area contributed by atoms with Crippen LogP contribution in [0.3, 0.4) is 0 Å². The highest BCUT2D eigenvalue weighted by Crippen LogP contribution is 2.87. The lowest BCUT2D eigenvalue weighted by molar-refractivity contribution is -0.242. The van der Waals surface area contributed by atoms with Gasteiger partial charge in [-0.15, -0.1) is 0 Å². The normalized spacial score (nSPS) is 43.7. The summed E-state index contributed by atoms with van der Waals surface area (Å²) in [6, 6.07) is 0. The van der Waals surface area contributed by atoms with Gasteiger partial charge in [-0.2, -0.15) is 0 Å². The van der Waals surface area contributed by atoms with E-state index in [2.05, 4.69) is 39.6 Å². The fraction of sp³-hybridized carbons (Fsp3) is 1.00. The summed E-state index contributed by atoms with van der Waals surface area (Å²) in [4.78, 5) is 2.34. The molecule has 11 atom stereocenters. The first-order chi connectivity index (χ1) is 20.3. The van der Waals surface area contributed by atoms with E-state index in [0.29, 0.717) is 35.2 Å². The molecule has 0 bridgehead atoms. The van der Waals surface area contributed by atoms with Gasteiger partial charge in [0.1, 0.15) is 0 Å². The summed E-state index contributed by atoms with van der Waals surface area (Å²) in [7, 11) is 2.17. The number of rotatable bonds is 13. The van der Waals surface area contributed by atoms with Gasteiger partial charge >= 0.3 is 0 Å². The van der Waals surface area contributed by atoms with E-state index in [-0.39, 0.29) is 30.0 Å². The van der Waals surface area contributed by atoms with Gasteiger partial charge in [-0.1, -0.05) is 47.0 Å². The Morgan fingerprint density at radius 1 is 1.09 bits per heavy atom. The molecule has 0 radical (unpaired) electrons. The van der Waals surface area contributed by atoms with E-state index in [1.807, 2.05) is 20.8 Å². The molecular formula is C37H67NO5. The Kier molecular flexibility index (Phi) is 10.4. The smallest absolute Gasteiger partial charge is 0.170 e. The fourth-order valence-electron chi connectivity index (χ4n) is 11.9. The Bertz CT molecular complexity index is 919. The van der Waals surface area contributed by atoms with Gasteiger partial charge in [0.25, 0.3) is 0 Å². The Labute approximate surface area is 264 Å². The third-order valence-corrected chi connectivity index (χ3v) is 13.9. The lowest BCUT2D eigenvalue weighted by Gasteiger charge is -2.56. The second-order valence-electron chi connectivity index (χ2n) is 16.8. The number of aliphatic hydroxyl groups is 2. The summed E-state index contributed by atoms with van der Waals surface area (Å²) in [5, 5.41) is 21.9. The molecule has 1 heterocycles. The molecule has 5 fully saturated rings. The van der Waals surface area contributed by atoms with Crippen molar-refractivity contribution in [2.24, 2.45) is 45.8 Å². The maximum absolute atomic E-state index is 11.4. The van der Waals surface area contributed by atoms with Gasteiger partial charge in [-0.25, -0.2) is 0 Å².